The van der Waals surface area contributed by atoms with Gasteiger partial charge in [0.1, 0.15) is 24.7 Å². The molecule has 1 aromatic heterocycles. The van der Waals surface area contributed by atoms with E-state index < -0.39 is 22.6 Å². The number of aliphatic hydroxyl groups excluding tert-OH is 1. The number of nitro groups is 1. The van der Waals surface area contributed by atoms with Crippen molar-refractivity contribution in [3.05, 3.63) is 75.8 Å². The molecule has 0 unspecified atom stereocenters. The number of hydrogen-bond donors (Lipinski definition) is 1. The third-order valence-electron chi connectivity index (χ3n) is 4.61. The number of allylic oxidation sites excluding steroid dienone is 3. The van der Waals surface area contributed by atoms with Gasteiger partial charge in [-0.3, -0.25) is 9.79 Å². The Kier molecular flexibility index (Phi) is 7.37. The van der Waals surface area contributed by atoms with Gasteiger partial charge in [-0.15, -0.1) is 0 Å². The molecule has 0 spiro atoms. The third-order valence-corrected chi connectivity index (χ3v) is 4.61. The quantitative estimate of drug-likeness (QED) is 0.255. The molecule has 1 aromatic carbocycles. The van der Waals surface area contributed by atoms with Crippen LogP contribution in [0, 0.1) is 10.1 Å². The van der Waals surface area contributed by atoms with Crippen LogP contribution < -0.4 is 0 Å². The van der Waals surface area contributed by atoms with Crippen molar-refractivity contribution in [3.8, 4) is 0 Å². The van der Waals surface area contributed by atoms with Crippen molar-refractivity contribution in [2.75, 3.05) is 6.61 Å². The van der Waals surface area contributed by atoms with Crippen LogP contribution in [0.25, 0.3) is 0 Å². The average molecular weight is 468 g/mol. The summed E-state index contributed by atoms with van der Waals surface area (Å²) < 4.78 is 12.6. The fourth-order valence-corrected chi connectivity index (χ4v) is 2.93. The largest absolute Gasteiger partial charge is 0.507 e. The standard InChI is InChI=1S/C23H24N4O7/c1-23(2,3)33-14-17(13-26-11-10-24-22(26)27(31)32)34-21(30)15-4-6-16(7-5-15)25-12-18-19(28)8-9-20(18)29/h4-12,17,28H,13-14H2,1-3H3/t17-/m1/s1. The van der Waals surface area contributed by atoms with Crippen molar-refractivity contribution in [1.29, 1.82) is 0 Å². The van der Waals surface area contributed by atoms with E-state index in [-0.39, 0.29) is 41.8 Å². The van der Waals surface area contributed by atoms with E-state index in [1.54, 1.807) is 12.1 Å². The van der Waals surface area contributed by atoms with Gasteiger partial charge in [0.25, 0.3) is 0 Å². The summed E-state index contributed by atoms with van der Waals surface area (Å²) in [5, 5.41) is 20.8. The molecule has 0 radical (unpaired) electrons. The number of ketones is 1. The Bertz CT molecular complexity index is 1170. The van der Waals surface area contributed by atoms with Gasteiger partial charge in [-0.25, -0.2) is 9.36 Å². The van der Waals surface area contributed by atoms with Crippen molar-refractivity contribution < 1.29 is 29.1 Å². The Labute approximate surface area is 195 Å². The first kappa shape index (κ1) is 24.5. The van der Waals surface area contributed by atoms with E-state index in [0.29, 0.717) is 5.69 Å². The first-order valence-electron chi connectivity index (χ1n) is 10.3. The van der Waals surface area contributed by atoms with Crippen molar-refractivity contribution in [2.45, 2.75) is 39.0 Å². The van der Waals surface area contributed by atoms with Crippen molar-refractivity contribution in [1.82, 2.24) is 9.55 Å². The Hall–Kier alpha value is -4.12. The predicted octanol–water partition coefficient (Wildman–Crippen LogP) is 3.49. The maximum atomic E-state index is 12.7. The van der Waals surface area contributed by atoms with Crippen LogP contribution in [-0.4, -0.2) is 55.9 Å². The summed E-state index contributed by atoms with van der Waals surface area (Å²) in [4.78, 5) is 42.7. The number of carbonyl (C=O) groups is 2. The molecule has 1 heterocycles. The second-order valence-electron chi connectivity index (χ2n) is 8.39. The van der Waals surface area contributed by atoms with E-state index in [2.05, 4.69) is 9.98 Å². The van der Waals surface area contributed by atoms with Crippen molar-refractivity contribution in [2.24, 2.45) is 4.99 Å². The fraction of sp³-hybridized carbons (Fsp3) is 0.304. The Morgan fingerprint density at radius 2 is 2.00 bits per heavy atom. The first-order chi connectivity index (χ1) is 16.0. The molecule has 0 fully saturated rings. The van der Waals surface area contributed by atoms with Crippen molar-refractivity contribution in [3.63, 3.8) is 0 Å². The van der Waals surface area contributed by atoms with Crippen molar-refractivity contribution >= 4 is 29.6 Å². The minimum absolute atomic E-state index is 0.0127. The summed E-state index contributed by atoms with van der Waals surface area (Å²) in [7, 11) is 0. The van der Waals surface area contributed by atoms with Crippen LogP contribution in [0.3, 0.4) is 0 Å². The molecule has 1 aliphatic rings. The number of ether oxygens (including phenoxy) is 2. The number of rotatable bonds is 9. The van der Waals surface area contributed by atoms with Gasteiger partial charge < -0.3 is 24.7 Å². The minimum Gasteiger partial charge on any atom is -0.507 e. The molecule has 1 atom stereocenters. The molecule has 0 saturated carbocycles. The molecule has 11 nitrogen and oxygen atoms in total. The van der Waals surface area contributed by atoms with Crippen LogP contribution in [0.1, 0.15) is 31.1 Å². The van der Waals surface area contributed by atoms with E-state index >= 15 is 0 Å². The lowest BCUT2D eigenvalue weighted by Gasteiger charge is -2.24. The molecule has 178 valence electrons. The lowest BCUT2D eigenvalue weighted by molar-refractivity contribution is -0.397. The zero-order chi connectivity index (χ0) is 24.9. The second kappa shape index (κ2) is 10.2. The van der Waals surface area contributed by atoms with Crippen LogP contribution in [0.5, 0.6) is 0 Å². The van der Waals surface area contributed by atoms with Gasteiger partial charge in [0.15, 0.2) is 11.9 Å². The summed E-state index contributed by atoms with van der Waals surface area (Å²) in [6.07, 6.45) is 5.71. The second-order valence-corrected chi connectivity index (χ2v) is 8.39. The van der Waals surface area contributed by atoms with Crippen LogP contribution in [0.4, 0.5) is 11.6 Å². The van der Waals surface area contributed by atoms with E-state index in [9.17, 15) is 24.8 Å². The SMILES string of the molecule is CC(C)(C)OC[C@@H](Cn1ccnc1[N+](=O)[O-])OC(=O)c1ccc(N=CC2=C(O)C=CC2=O)cc1. The Morgan fingerprint density at radius 3 is 2.59 bits per heavy atom. The molecule has 1 N–H and O–H groups in total. The zero-order valence-electron chi connectivity index (χ0n) is 18.9. The fourth-order valence-electron chi connectivity index (χ4n) is 2.93. The molecule has 1 aliphatic carbocycles. The molecule has 0 amide bonds. The van der Waals surface area contributed by atoms with Crippen LogP contribution >= 0.6 is 0 Å². The van der Waals surface area contributed by atoms with E-state index in [1.807, 2.05) is 20.8 Å². The molecule has 2 aromatic rings. The Balaban J connectivity index is 1.70. The van der Waals surface area contributed by atoms with Crippen LogP contribution in [0.15, 0.2) is 65.1 Å². The lowest BCUT2D eigenvalue weighted by Crippen LogP contribution is -2.33. The van der Waals surface area contributed by atoms with Gasteiger partial charge in [-0.2, -0.15) is 0 Å². The monoisotopic (exact) mass is 468 g/mol. The molecule has 11 heteroatoms. The third kappa shape index (κ3) is 6.45. The number of aromatic nitrogens is 2. The Morgan fingerprint density at radius 1 is 1.29 bits per heavy atom. The summed E-state index contributed by atoms with van der Waals surface area (Å²) in [6.45, 7) is 5.54. The smallest absolute Gasteiger partial charge is 0.434 e. The maximum Gasteiger partial charge on any atom is 0.434 e. The highest BCUT2D eigenvalue weighted by molar-refractivity contribution is 6.21. The molecule has 34 heavy (non-hydrogen) atoms. The molecule has 0 aliphatic heterocycles. The minimum atomic E-state index is -0.812. The number of carbonyl (C=O) groups excluding carboxylic acids is 2. The first-order valence-corrected chi connectivity index (χ1v) is 10.3. The normalized spacial score (nSPS) is 14.7. The number of esters is 1. The van der Waals surface area contributed by atoms with Gasteiger partial charge >= 0.3 is 11.9 Å². The maximum absolute atomic E-state index is 12.7. The van der Waals surface area contributed by atoms with E-state index in [0.717, 1.165) is 0 Å². The zero-order valence-corrected chi connectivity index (χ0v) is 18.9. The highest BCUT2D eigenvalue weighted by Crippen LogP contribution is 2.18. The van der Waals surface area contributed by atoms with Crippen LogP contribution in [0.2, 0.25) is 0 Å². The number of imidazole rings is 1. The number of aliphatic imine (C=N–C) groups is 1. The lowest BCUT2D eigenvalue weighted by atomic mass is 10.2. The van der Waals surface area contributed by atoms with E-state index in [1.165, 1.54) is 47.5 Å². The summed E-state index contributed by atoms with van der Waals surface area (Å²) in [5.41, 5.74) is 0.267. The predicted molar refractivity (Wildman–Crippen MR) is 122 cm³/mol. The molecular weight excluding hydrogens is 444 g/mol. The van der Waals surface area contributed by atoms with Gasteiger partial charge in [-0.1, -0.05) is 4.98 Å². The molecule has 0 saturated heterocycles. The average Bonchev–Trinajstić information content (AvgIpc) is 3.36. The number of aliphatic hydroxyl groups is 1. The summed E-state index contributed by atoms with van der Waals surface area (Å²) in [6, 6.07) is 6.11. The molecule has 0 bridgehead atoms. The summed E-state index contributed by atoms with van der Waals surface area (Å²) in [5.74, 6) is -1.51. The van der Waals surface area contributed by atoms with Crippen LogP contribution in [-0.2, 0) is 20.8 Å². The highest BCUT2D eigenvalue weighted by atomic mass is 16.6. The molecular formula is C23H24N4O7. The summed E-state index contributed by atoms with van der Waals surface area (Å²) >= 11 is 0. The topological polar surface area (TPSA) is 146 Å². The van der Waals surface area contributed by atoms with Gasteiger partial charge in [0.05, 0.1) is 29.0 Å². The number of hydrogen-bond acceptors (Lipinski definition) is 9. The van der Waals surface area contributed by atoms with Gasteiger partial charge in [0.2, 0.25) is 0 Å². The number of benzene rings is 1. The number of nitrogens with zero attached hydrogens (tertiary/aromatic N) is 4. The molecule has 3 rings (SSSR count). The van der Waals surface area contributed by atoms with E-state index in [4.69, 9.17) is 9.47 Å². The van der Waals surface area contributed by atoms with Gasteiger partial charge in [0, 0.05) is 6.21 Å². The van der Waals surface area contributed by atoms with Gasteiger partial charge in [-0.05, 0) is 62.1 Å². The highest BCUT2D eigenvalue weighted by Gasteiger charge is 2.25.